The van der Waals surface area contributed by atoms with E-state index >= 15 is 0 Å². The Bertz CT molecular complexity index is 2350. The van der Waals surface area contributed by atoms with Crippen molar-refractivity contribution < 1.29 is 43.2 Å². The minimum Gasteiger partial charge on any atom is -0.352 e. The van der Waals surface area contributed by atoms with Crippen LogP contribution in [0, 0.1) is 11.3 Å². The maximum Gasteiger partial charge on any atom is 0.312 e. The summed E-state index contributed by atoms with van der Waals surface area (Å²) in [6, 6.07) is 14.5. The Morgan fingerprint density at radius 3 is 1.91 bits per heavy atom. The average Bonchev–Trinajstić information content (AvgIpc) is 4.09. The number of hydrogen-bond donors (Lipinski definition) is 8. The Morgan fingerprint density at radius 2 is 1.40 bits per heavy atom. The van der Waals surface area contributed by atoms with Crippen molar-refractivity contribution in [1.82, 2.24) is 46.4 Å². The van der Waals surface area contributed by atoms with E-state index in [1.165, 1.54) is 28.4 Å². The summed E-state index contributed by atoms with van der Waals surface area (Å²) in [5.74, 6) is -2.93. The van der Waals surface area contributed by atoms with E-state index in [1.54, 1.807) is 40.9 Å². The predicted molar refractivity (Wildman–Crippen MR) is 303 cm³/mol. The molecule has 2 aromatic rings. The van der Waals surface area contributed by atoms with Crippen LogP contribution in [0.15, 0.2) is 83.3 Å². The van der Waals surface area contributed by atoms with Crippen LogP contribution in [0.3, 0.4) is 0 Å². The van der Waals surface area contributed by atoms with Crippen molar-refractivity contribution in [3.63, 3.8) is 0 Å². The van der Waals surface area contributed by atoms with Crippen LogP contribution in [0.2, 0.25) is 0 Å². The molecule has 10 amide bonds. The SMILES string of the molecule is CCC.CCCNC(N)=O.CNC(C(=O)NC(C(=O)N(C)C/C=C(\C)C(=O)NSc1ccc(C2(NC(=O)CNC(=O)C(NC(=O)CCCCCN3C(=O)C=CC3=O)C(C)C)CC2)cc1)C(C)(C)C)C(C)(C)c1ccccc1. The second-order valence-corrected chi connectivity index (χ2v) is 22.3. The smallest absolute Gasteiger partial charge is 0.312 e. The molecule has 77 heavy (non-hydrogen) atoms. The summed E-state index contributed by atoms with van der Waals surface area (Å²) in [4.78, 5) is 116. The molecule has 0 saturated heterocycles. The molecule has 1 fully saturated rings. The molecule has 20 heteroatoms. The molecule has 2 aliphatic rings. The van der Waals surface area contributed by atoms with Crippen molar-refractivity contribution in [2.24, 2.45) is 17.1 Å². The number of imide groups is 1. The number of urea groups is 1. The first-order chi connectivity index (χ1) is 36.2. The number of carbonyl (C=O) groups excluding carboxylic acids is 9. The van der Waals surface area contributed by atoms with Crippen LogP contribution >= 0.6 is 11.9 Å². The summed E-state index contributed by atoms with van der Waals surface area (Å²) in [5.41, 5.74) is 5.26. The Labute approximate surface area is 461 Å². The van der Waals surface area contributed by atoms with Gasteiger partial charge in [0.2, 0.25) is 29.5 Å². The van der Waals surface area contributed by atoms with E-state index in [0.29, 0.717) is 37.9 Å². The van der Waals surface area contributed by atoms with Crippen LogP contribution in [0.4, 0.5) is 4.79 Å². The van der Waals surface area contributed by atoms with Gasteiger partial charge < -0.3 is 42.5 Å². The highest BCUT2D eigenvalue weighted by Crippen LogP contribution is 2.45. The van der Waals surface area contributed by atoms with Gasteiger partial charge in [0.25, 0.3) is 17.7 Å². The molecule has 1 aliphatic carbocycles. The Hall–Kier alpha value is -6.54. The molecule has 4 rings (SSSR count). The third-order valence-corrected chi connectivity index (χ3v) is 13.6. The van der Waals surface area contributed by atoms with Gasteiger partial charge in [0, 0.05) is 61.1 Å². The lowest BCUT2D eigenvalue weighted by molar-refractivity contribution is -0.139. The van der Waals surface area contributed by atoms with Crippen LogP contribution in [0.1, 0.15) is 139 Å². The normalized spacial score (nSPS) is 14.8. The van der Waals surface area contributed by atoms with Crippen molar-refractivity contribution >= 4 is 65.2 Å². The number of unbranched alkanes of at least 4 members (excludes halogenated alkanes) is 2. The quantitative estimate of drug-likeness (QED) is 0.0247. The van der Waals surface area contributed by atoms with Gasteiger partial charge in [-0.25, -0.2) is 4.79 Å². The maximum absolute atomic E-state index is 13.8. The van der Waals surface area contributed by atoms with Gasteiger partial charge in [0.15, 0.2) is 0 Å². The van der Waals surface area contributed by atoms with Gasteiger partial charge in [0.1, 0.15) is 12.1 Å². The van der Waals surface area contributed by atoms with Crippen LogP contribution < -0.4 is 42.4 Å². The molecule has 426 valence electrons. The van der Waals surface area contributed by atoms with E-state index in [-0.39, 0.29) is 66.8 Å². The highest BCUT2D eigenvalue weighted by molar-refractivity contribution is 7.98. The van der Waals surface area contributed by atoms with Gasteiger partial charge in [-0.2, -0.15) is 0 Å². The molecular formula is C57H88N10O9S. The van der Waals surface area contributed by atoms with Crippen molar-refractivity contribution in [2.45, 2.75) is 162 Å². The van der Waals surface area contributed by atoms with Crippen molar-refractivity contribution in [2.75, 3.05) is 40.3 Å². The number of benzene rings is 2. The number of primary amides is 1. The van der Waals surface area contributed by atoms with Crippen LogP contribution in [-0.4, -0.2) is 121 Å². The number of carbonyl (C=O) groups is 9. The lowest BCUT2D eigenvalue weighted by atomic mass is 9.76. The minimum absolute atomic E-state index is 0.146. The molecule has 0 aromatic heterocycles. The van der Waals surface area contributed by atoms with Crippen molar-refractivity contribution in [1.29, 1.82) is 0 Å². The lowest BCUT2D eigenvalue weighted by Crippen LogP contribution is -2.60. The second-order valence-electron chi connectivity index (χ2n) is 21.4. The highest BCUT2D eigenvalue weighted by Gasteiger charge is 2.46. The van der Waals surface area contributed by atoms with E-state index in [2.05, 4.69) is 50.5 Å². The van der Waals surface area contributed by atoms with Gasteiger partial charge in [-0.05, 0) is 92.6 Å². The maximum atomic E-state index is 13.8. The minimum atomic E-state index is -0.834. The summed E-state index contributed by atoms with van der Waals surface area (Å²) in [5, 5.41) is 17.1. The Kier molecular flexibility index (Phi) is 27.9. The van der Waals surface area contributed by atoms with Crippen molar-refractivity contribution in [3.8, 4) is 0 Å². The molecule has 3 atom stereocenters. The number of rotatable bonds is 26. The third-order valence-electron chi connectivity index (χ3n) is 12.8. The highest BCUT2D eigenvalue weighted by atomic mass is 32.2. The zero-order valence-corrected chi connectivity index (χ0v) is 48.6. The molecule has 3 unspecified atom stereocenters. The third kappa shape index (κ3) is 22.2. The molecule has 9 N–H and O–H groups in total. The summed E-state index contributed by atoms with van der Waals surface area (Å²) in [6.07, 6.45) is 9.67. The zero-order valence-electron chi connectivity index (χ0n) is 47.8. The standard InChI is InChI=1S/C50H70N8O8S.C4H10N2O.C3H8/c1-32(2)41(53-37(59)19-15-12-16-29-58-39(61)24-25-40(58)62)45(64)52-31-38(60)55-50(27-28-50)35-20-22-36(23-21-35)67-56-44(63)33(3)26-30-57(10)47(66)43(48(4,5)6)54-46(65)42(51-9)49(7,8)34-17-13-11-14-18-34;1-2-3-6-4(5)7;1-3-2/h11,13-14,17-18,20-26,32,41-43,51H,12,15-16,19,27-31H2,1-10H3,(H,52,64)(H,53,59)(H,54,65)(H,55,60)(H,56,63);2-3H2,1H3,(H3,5,6,7);3H2,1-2H3/b33-26+;;. The molecule has 1 aliphatic heterocycles. The number of nitrogens with one attached hydrogen (secondary N) is 7. The summed E-state index contributed by atoms with van der Waals surface area (Å²) >= 11 is 1.14. The van der Waals surface area contributed by atoms with E-state index in [1.807, 2.05) is 96.1 Å². The number of nitrogens with zero attached hydrogens (tertiary/aromatic N) is 2. The predicted octanol–water partition coefficient (Wildman–Crippen LogP) is 5.64. The van der Waals surface area contributed by atoms with Gasteiger partial charge in [-0.3, -0.25) is 48.0 Å². The van der Waals surface area contributed by atoms with Crippen molar-refractivity contribution in [3.05, 3.63) is 89.5 Å². The summed E-state index contributed by atoms with van der Waals surface area (Å²) < 4.78 is 2.84. The first kappa shape index (κ1) is 66.6. The first-order valence-corrected chi connectivity index (χ1v) is 27.5. The summed E-state index contributed by atoms with van der Waals surface area (Å²) in [7, 11) is 3.37. The Morgan fingerprint density at radius 1 is 0.805 bits per heavy atom. The number of nitrogens with two attached hydrogens (primary N) is 1. The fourth-order valence-electron chi connectivity index (χ4n) is 8.04. The summed E-state index contributed by atoms with van der Waals surface area (Å²) in [6.45, 7) is 22.0. The zero-order chi connectivity index (χ0) is 58.1. The number of amides is 10. The topological polar surface area (TPSA) is 270 Å². The Balaban J connectivity index is 0.00000185. The monoisotopic (exact) mass is 1090 g/mol. The molecule has 19 nitrogen and oxygen atoms in total. The van der Waals surface area contributed by atoms with Gasteiger partial charge in [-0.15, -0.1) is 0 Å². The van der Waals surface area contributed by atoms with E-state index < -0.39 is 46.4 Å². The lowest BCUT2D eigenvalue weighted by Gasteiger charge is -2.38. The molecule has 1 saturated carbocycles. The molecule has 1 heterocycles. The van der Waals surface area contributed by atoms with Crippen LogP contribution in [-0.2, 0) is 49.3 Å². The first-order valence-electron chi connectivity index (χ1n) is 26.7. The fraction of sp³-hybridized carbons (Fsp3) is 0.561. The molecule has 2 aromatic carbocycles. The van der Waals surface area contributed by atoms with Gasteiger partial charge in [-0.1, -0.05) is 131 Å². The van der Waals surface area contributed by atoms with E-state index in [4.69, 9.17) is 5.73 Å². The van der Waals surface area contributed by atoms with Crippen LogP contribution in [0.5, 0.6) is 0 Å². The van der Waals surface area contributed by atoms with Gasteiger partial charge >= 0.3 is 6.03 Å². The molecule has 0 spiro atoms. The van der Waals surface area contributed by atoms with E-state index in [0.717, 1.165) is 47.2 Å². The fourth-order valence-corrected chi connectivity index (χ4v) is 8.69. The molecule has 0 radical (unpaired) electrons. The largest absolute Gasteiger partial charge is 0.352 e. The van der Waals surface area contributed by atoms with Crippen LogP contribution in [0.25, 0.3) is 0 Å². The second kappa shape index (κ2) is 32.3. The average molecular weight is 1090 g/mol. The number of hydrogen-bond acceptors (Lipinski definition) is 11. The number of likely N-dealkylation sites (N-methyl/N-ethyl adjacent to an activating group) is 2. The van der Waals surface area contributed by atoms with E-state index in [9.17, 15) is 43.2 Å². The molecule has 0 bridgehead atoms. The van der Waals surface area contributed by atoms with Gasteiger partial charge in [0.05, 0.1) is 18.1 Å². The molecular weight excluding hydrogens is 1000 g/mol.